The molecule has 1 fully saturated rings. The average Bonchev–Trinajstić information content (AvgIpc) is 2.83. The first kappa shape index (κ1) is 11.4. The second-order valence-electron chi connectivity index (χ2n) is 4.35. The van der Waals surface area contributed by atoms with Gasteiger partial charge in [0.15, 0.2) is 5.82 Å². The SMILES string of the molecule is Cn1c(-c2ccccc2)cnc1C1OCCCO1. The Labute approximate surface area is 106 Å². The fourth-order valence-corrected chi connectivity index (χ4v) is 2.16. The lowest BCUT2D eigenvalue weighted by molar-refractivity contribution is -0.188. The van der Waals surface area contributed by atoms with Gasteiger partial charge in [-0.1, -0.05) is 30.3 Å². The Balaban J connectivity index is 1.92. The fourth-order valence-electron chi connectivity index (χ4n) is 2.16. The summed E-state index contributed by atoms with van der Waals surface area (Å²) in [6.45, 7) is 1.47. The zero-order valence-electron chi connectivity index (χ0n) is 10.4. The smallest absolute Gasteiger partial charge is 0.217 e. The van der Waals surface area contributed by atoms with Gasteiger partial charge in [0.25, 0.3) is 0 Å². The van der Waals surface area contributed by atoms with Crippen molar-refractivity contribution < 1.29 is 9.47 Å². The van der Waals surface area contributed by atoms with E-state index in [0.717, 1.165) is 36.7 Å². The van der Waals surface area contributed by atoms with Crippen molar-refractivity contribution in [1.82, 2.24) is 9.55 Å². The number of hydrogen-bond acceptors (Lipinski definition) is 3. The molecule has 0 aliphatic carbocycles. The van der Waals surface area contributed by atoms with Crippen LogP contribution in [0.4, 0.5) is 0 Å². The third-order valence-electron chi connectivity index (χ3n) is 3.13. The summed E-state index contributed by atoms with van der Waals surface area (Å²) in [5.41, 5.74) is 2.22. The van der Waals surface area contributed by atoms with Crippen LogP contribution in [-0.4, -0.2) is 22.8 Å². The van der Waals surface area contributed by atoms with Crippen molar-refractivity contribution >= 4 is 0 Å². The number of benzene rings is 1. The minimum Gasteiger partial charge on any atom is -0.346 e. The Bertz CT molecular complexity index is 516. The Hall–Kier alpha value is -1.65. The molecule has 1 aromatic carbocycles. The fraction of sp³-hybridized carbons (Fsp3) is 0.357. The highest BCUT2D eigenvalue weighted by Crippen LogP contribution is 2.26. The van der Waals surface area contributed by atoms with Crippen molar-refractivity contribution in [2.75, 3.05) is 13.2 Å². The maximum Gasteiger partial charge on any atom is 0.217 e. The van der Waals surface area contributed by atoms with E-state index >= 15 is 0 Å². The summed E-state index contributed by atoms with van der Waals surface area (Å²) in [6, 6.07) is 10.2. The Morgan fingerprint density at radius 3 is 2.61 bits per heavy atom. The van der Waals surface area contributed by atoms with Crippen molar-refractivity contribution in [3.05, 3.63) is 42.4 Å². The first-order valence-electron chi connectivity index (χ1n) is 6.16. The number of ether oxygens (including phenoxy) is 2. The highest BCUT2D eigenvalue weighted by molar-refractivity contribution is 5.59. The molecule has 0 amide bonds. The molecular formula is C14H16N2O2. The molecule has 0 radical (unpaired) electrons. The molecule has 1 saturated heterocycles. The molecule has 0 N–H and O–H groups in total. The van der Waals surface area contributed by atoms with Crippen LogP contribution in [-0.2, 0) is 16.5 Å². The van der Waals surface area contributed by atoms with Crippen LogP contribution in [0.25, 0.3) is 11.3 Å². The van der Waals surface area contributed by atoms with E-state index in [9.17, 15) is 0 Å². The van der Waals surface area contributed by atoms with E-state index in [0.29, 0.717) is 0 Å². The molecule has 4 nitrogen and oxygen atoms in total. The summed E-state index contributed by atoms with van der Waals surface area (Å²) in [7, 11) is 1.99. The van der Waals surface area contributed by atoms with Crippen molar-refractivity contribution in [3.8, 4) is 11.3 Å². The molecule has 4 heteroatoms. The molecule has 94 valence electrons. The van der Waals surface area contributed by atoms with E-state index in [-0.39, 0.29) is 6.29 Å². The lowest BCUT2D eigenvalue weighted by Gasteiger charge is -2.22. The lowest BCUT2D eigenvalue weighted by atomic mass is 10.2. The van der Waals surface area contributed by atoms with Crippen LogP contribution in [0.5, 0.6) is 0 Å². The molecule has 2 aromatic rings. The summed E-state index contributed by atoms with van der Waals surface area (Å²) in [5, 5.41) is 0. The van der Waals surface area contributed by atoms with Gasteiger partial charge in [-0.2, -0.15) is 0 Å². The minimum atomic E-state index is -0.332. The molecule has 0 atom stereocenters. The zero-order chi connectivity index (χ0) is 12.4. The highest BCUT2D eigenvalue weighted by Gasteiger charge is 2.22. The first-order chi connectivity index (χ1) is 8.86. The number of rotatable bonds is 2. The monoisotopic (exact) mass is 244 g/mol. The highest BCUT2D eigenvalue weighted by atomic mass is 16.7. The van der Waals surface area contributed by atoms with E-state index < -0.39 is 0 Å². The van der Waals surface area contributed by atoms with Gasteiger partial charge < -0.3 is 14.0 Å². The molecule has 2 heterocycles. The van der Waals surface area contributed by atoms with E-state index in [1.165, 1.54) is 0 Å². The Morgan fingerprint density at radius 1 is 1.17 bits per heavy atom. The largest absolute Gasteiger partial charge is 0.346 e. The van der Waals surface area contributed by atoms with Crippen LogP contribution in [0.3, 0.4) is 0 Å². The van der Waals surface area contributed by atoms with Gasteiger partial charge in [0, 0.05) is 7.05 Å². The van der Waals surface area contributed by atoms with Crippen LogP contribution < -0.4 is 0 Å². The predicted octanol–water partition coefficient (Wildman–Crippen LogP) is 2.52. The average molecular weight is 244 g/mol. The van der Waals surface area contributed by atoms with Gasteiger partial charge in [0.05, 0.1) is 25.1 Å². The number of aromatic nitrogens is 2. The van der Waals surface area contributed by atoms with Gasteiger partial charge in [0.2, 0.25) is 6.29 Å². The van der Waals surface area contributed by atoms with E-state index in [1.807, 2.05) is 36.0 Å². The molecule has 0 bridgehead atoms. The second kappa shape index (κ2) is 4.92. The quantitative estimate of drug-likeness (QED) is 0.814. The number of imidazole rings is 1. The number of nitrogens with zero attached hydrogens (tertiary/aromatic N) is 2. The third kappa shape index (κ3) is 2.05. The molecule has 18 heavy (non-hydrogen) atoms. The topological polar surface area (TPSA) is 36.3 Å². The van der Waals surface area contributed by atoms with E-state index in [1.54, 1.807) is 0 Å². The Morgan fingerprint density at radius 2 is 1.89 bits per heavy atom. The Kier molecular flexibility index (Phi) is 3.13. The molecule has 0 saturated carbocycles. The maximum atomic E-state index is 5.59. The van der Waals surface area contributed by atoms with Gasteiger partial charge in [-0.05, 0) is 12.0 Å². The number of hydrogen-bond donors (Lipinski definition) is 0. The second-order valence-corrected chi connectivity index (χ2v) is 4.35. The van der Waals surface area contributed by atoms with Gasteiger partial charge >= 0.3 is 0 Å². The summed E-state index contributed by atoms with van der Waals surface area (Å²) in [5.74, 6) is 0.827. The summed E-state index contributed by atoms with van der Waals surface area (Å²) in [4.78, 5) is 4.43. The van der Waals surface area contributed by atoms with Crippen LogP contribution in [0.1, 0.15) is 18.5 Å². The molecule has 1 aromatic heterocycles. The summed E-state index contributed by atoms with van der Waals surface area (Å²) in [6.07, 6.45) is 2.49. The molecule has 1 aliphatic rings. The van der Waals surface area contributed by atoms with E-state index in [2.05, 4.69) is 17.1 Å². The van der Waals surface area contributed by atoms with Crippen molar-refractivity contribution in [1.29, 1.82) is 0 Å². The molecule has 0 unspecified atom stereocenters. The molecular weight excluding hydrogens is 228 g/mol. The van der Waals surface area contributed by atoms with Gasteiger partial charge in [0.1, 0.15) is 0 Å². The van der Waals surface area contributed by atoms with E-state index in [4.69, 9.17) is 9.47 Å². The maximum absolute atomic E-state index is 5.59. The third-order valence-corrected chi connectivity index (χ3v) is 3.13. The molecule has 3 rings (SSSR count). The van der Waals surface area contributed by atoms with Crippen molar-refractivity contribution in [3.63, 3.8) is 0 Å². The zero-order valence-corrected chi connectivity index (χ0v) is 10.4. The van der Waals surface area contributed by atoms with Gasteiger partial charge in [-0.3, -0.25) is 0 Å². The van der Waals surface area contributed by atoms with Gasteiger partial charge in [-0.25, -0.2) is 4.98 Å². The lowest BCUT2D eigenvalue weighted by Crippen LogP contribution is -2.20. The van der Waals surface area contributed by atoms with Crippen molar-refractivity contribution in [2.24, 2.45) is 7.05 Å². The first-order valence-corrected chi connectivity index (χ1v) is 6.16. The van der Waals surface area contributed by atoms with Crippen LogP contribution in [0.2, 0.25) is 0 Å². The van der Waals surface area contributed by atoms with Crippen molar-refractivity contribution in [2.45, 2.75) is 12.7 Å². The molecule has 0 spiro atoms. The summed E-state index contributed by atoms with van der Waals surface area (Å²) >= 11 is 0. The van der Waals surface area contributed by atoms with Gasteiger partial charge in [-0.15, -0.1) is 0 Å². The standard InChI is InChI=1S/C14H16N2O2/c1-16-12(11-6-3-2-4-7-11)10-15-13(16)14-17-8-5-9-18-14/h2-4,6-7,10,14H,5,8-9H2,1H3. The molecule has 1 aliphatic heterocycles. The normalized spacial score (nSPS) is 16.9. The van der Waals surface area contributed by atoms with Crippen LogP contribution >= 0.6 is 0 Å². The summed E-state index contributed by atoms with van der Waals surface area (Å²) < 4.78 is 13.2. The van der Waals surface area contributed by atoms with Crippen LogP contribution in [0.15, 0.2) is 36.5 Å². The minimum absolute atomic E-state index is 0.332. The van der Waals surface area contributed by atoms with Crippen LogP contribution in [0, 0.1) is 0 Å². The predicted molar refractivity (Wildman–Crippen MR) is 67.9 cm³/mol.